The summed E-state index contributed by atoms with van der Waals surface area (Å²) >= 11 is 1.58. The van der Waals surface area contributed by atoms with Gasteiger partial charge in [-0.2, -0.15) is 0 Å². The predicted octanol–water partition coefficient (Wildman–Crippen LogP) is 2.32. The zero-order valence-electron chi connectivity index (χ0n) is 12.6. The minimum atomic E-state index is -3.47. The Morgan fingerprint density at radius 2 is 2.14 bits per heavy atom. The first-order valence-electron chi connectivity index (χ1n) is 7.20. The zero-order valence-corrected chi connectivity index (χ0v) is 14.2. The first-order chi connectivity index (χ1) is 10.5. The maximum absolute atomic E-state index is 12.5. The van der Waals surface area contributed by atoms with Crippen LogP contribution in [0.1, 0.15) is 17.5 Å². The van der Waals surface area contributed by atoms with E-state index in [0.717, 1.165) is 29.2 Å². The molecule has 1 saturated heterocycles. The Hall–Kier alpha value is -1.44. The summed E-state index contributed by atoms with van der Waals surface area (Å²) in [4.78, 5) is 6.74. The first kappa shape index (κ1) is 15.5. The fraction of sp³-hybridized carbons (Fsp3) is 0.400. The van der Waals surface area contributed by atoms with E-state index < -0.39 is 10.0 Å². The Labute approximate surface area is 135 Å². The molecule has 0 amide bonds. The molecular weight excluding hydrogens is 318 g/mol. The summed E-state index contributed by atoms with van der Waals surface area (Å²) in [6.07, 6.45) is 2.57. The molecule has 0 unspecified atom stereocenters. The molecule has 1 aliphatic heterocycles. The second-order valence-corrected chi connectivity index (χ2v) is 8.20. The summed E-state index contributed by atoms with van der Waals surface area (Å²) in [6, 6.07) is 5.17. The van der Waals surface area contributed by atoms with Crippen LogP contribution in [0.25, 0.3) is 0 Å². The molecule has 0 bridgehead atoms. The van der Waals surface area contributed by atoms with Gasteiger partial charge in [0.25, 0.3) is 0 Å². The van der Waals surface area contributed by atoms with E-state index in [9.17, 15) is 8.42 Å². The highest BCUT2D eigenvalue weighted by atomic mass is 32.2. The summed E-state index contributed by atoms with van der Waals surface area (Å²) in [6.45, 7) is 5.39. The molecule has 1 fully saturated rings. The van der Waals surface area contributed by atoms with Crippen molar-refractivity contribution in [2.45, 2.75) is 31.2 Å². The number of rotatable bonds is 4. The highest BCUT2D eigenvalue weighted by Crippen LogP contribution is 2.23. The molecule has 22 heavy (non-hydrogen) atoms. The van der Waals surface area contributed by atoms with Gasteiger partial charge in [0.15, 0.2) is 5.13 Å². The maximum atomic E-state index is 12.5. The van der Waals surface area contributed by atoms with Crippen molar-refractivity contribution in [2.75, 3.05) is 18.0 Å². The van der Waals surface area contributed by atoms with Gasteiger partial charge in [-0.15, -0.1) is 11.3 Å². The van der Waals surface area contributed by atoms with Gasteiger partial charge in [-0.25, -0.2) is 18.1 Å². The lowest BCUT2D eigenvalue weighted by Gasteiger charge is -2.16. The Morgan fingerprint density at radius 1 is 1.32 bits per heavy atom. The van der Waals surface area contributed by atoms with Crippen LogP contribution in [0, 0.1) is 13.8 Å². The molecule has 7 heteroatoms. The van der Waals surface area contributed by atoms with Crippen molar-refractivity contribution in [3.05, 3.63) is 40.9 Å². The maximum Gasteiger partial charge on any atom is 0.240 e. The second-order valence-electron chi connectivity index (χ2n) is 5.61. The number of anilines is 1. The molecule has 5 nitrogen and oxygen atoms in total. The van der Waals surface area contributed by atoms with E-state index in [1.165, 1.54) is 0 Å². The predicted molar refractivity (Wildman–Crippen MR) is 89.0 cm³/mol. The van der Waals surface area contributed by atoms with Gasteiger partial charge in [-0.3, -0.25) is 0 Å². The van der Waals surface area contributed by atoms with Gasteiger partial charge in [0, 0.05) is 30.7 Å². The first-order valence-corrected chi connectivity index (χ1v) is 9.56. The van der Waals surface area contributed by atoms with E-state index in [1.54, 1.807) is 29.7 Å². The van der Waals surface area contributed by atoms with Crippen LogP contribution in [-0.2, 0) is 10.0 Å². The highest BCUT2D eigenvalue weighted by molar-refractivity contribution is 7.89. The molecule has 118 valence electrons. The largest absolute Gasteiger partial charge is 0.346 e. The topological polar surface area (TPSA) is 62.3 Å². The fourth-order valence-electron chi connectivity index (χ4n) is 2.57. The van der Waals surface area contributed by atoms with Gasteiger partial charge in [-0.1, -0.05) is 6.07 Å². The fourth-order valence-corrected chi connectivity index (χ4v) is 4.60. The van der Waals surface area contributed by atoms with Gasteiger partial charge in [0.1, 0.15) is 0 Å². The lowest BCUT2D eigenvalue weighted by molar-refractivity contribution is 0.561. The minimum Gasteiger partial charge on any atom is -0.346 e. The third kappa shape index (κ3) is 3.16. The molecule has 2 heterocycles. The number of sulfonamides is 1. The molecule has 1 aromatic heterocycles. The number of benzene rings is 1. The molecule has 1 aliphatic rings. The Morgan fingerprint density at radius 3 is 2.82 bits per heavy atom. The highest BCUT2D eigenvalue weighted by Gasteiger charge is 2.28. The third-order valence-electron chi connectivity index (χ3n) is 3.99. The Balaban J connectivity index is 1.71. The quantitative estimate of drug-likeness (QED) is 0.930. The van der Waals surface area contributed by atoms with Crippen LogP contribution in [0.3, 0.4) is 0 Å². The van der Waals surface area contributed by atoms with Gasteiger partial charge >= 0.3 is 0 Å². The summed E-state index contributed by atoms with van der Waals surface area (Å²) in [7, 11) is -3.47. The van der Waals surface area contributed by atoms with Crippen LogP contribution >= 0.6 is 11.3 Å². The van der Waals surface area contributed by atoms with Gasteiger partial charge < -0.3 is 4.90 Å². The summed E-state index contributed by atoms with van der Waals surface area (Å²) in [5, 5.41) is 2.88. The van der Waals surface area contributed by atoms with E-state index in [1.807, 2.05) is 25.3 Å². The van der Waals surface area contributed by atoms with Gasteiger partial charge in [-0.05, 0) is 43.5 Å². The molecule has 1 aromatic carbocycles. The normalized spacial score (nSPS) is 18.8. The summed E-state index contributed by atoms with van der Waals surface area (Å²) in [5.74, 6) is 0. The van der Waals surface area contributed by atoms with E-state index >= 15 is 0 Å². The SMILES string of the molecule is Cc1ccc(S(=O)(=O)N[C@H]2CCN(c3nccs3)C2)cc1C. The van der Waals surface area contributed by atoms with Crippen molar-refractivity contribution < 1.29 is 8.42 Å². The average molecular weight is 337 g/mol. The third-order valence-corrected chi connectivity index (χ3v) is 6.34. The van der Waals surface area contributed by atoms with E-state index in [4.69, 9.17) is 0 Å². The molecule has 1 N–H and O–H groups in total. The smallest absolute Gasteiger partial charge is 0.240 e. The standard InChI is InChI=1S/C15H19N3O2S2/c1-11-3-4-14(9-12(11)2)22(19,20)17-13-5-7-18(10-13)15-16-6-8-21-15/h3-4,6,8-9,13,17H,5,7,10H2,1-2H3/t13-/m0/s1. The number of hydrogen-bond donors (Lipinski definition) is 1. The van der Waals surface area contributed by atoms with Crippen LogP contribution in [0.2, 0.25) is 0 Å². The number of hydrogen-bond acceptors (Lipinski definition) is 5. The lowest BCUT2D eigenvalue weighted by Crippen LogP contribution is -2.37. The van der Waals surface area contributed by atoms with Crippen molar-refractivity contribution >= 4 is 26.5 Å². The molecule has 0 radical (unpaired) electrons. The molecule has 0 aliphatic carbocycles. The van der Waals surface area contributed by atoms with Crippen LogP contribution in [0.5, 0.6) is 0 Å². The zero-order chi connectivity index (χ0) is 15.7. The molecule has 0 saturated carbocycles. The van der Waals surface area contributed by atoms with Crippen molar-refractivity contribution in [1.82, 2.24) is 9.71 Å². The average Bonchev–Trinajstić information content (AvgIpc) is 3.11. The van der Waals surface area contributed by atoms with Crippen LogP contribution in [0.15, 0.2) is 34.7 Å². The van der Waals surface area contributed by atoms with Gasteiger partial charge in [0.05, 0.1) is 4.90 Å². The van der Waals surface area contributed by atoms with Crippen molar-refractivity contribution in [2.24, 2.45) is 0 Å². The summed E-state index contributed by atoms with van der Waals surface area (Å²) in [5.41, 5.74) is 2.08. The number of aryl methyl sites for hydroxylation is 2. The molecule has 1 atom stereocenters. The number of thiazole rings is 1. The molecule has 3 rings (SSSR count). The van der Waals surface area contributed by atoms with Crippen LogP contribution in [0.4, 0.5) is 5.13 Å². The lowest BCUT2D eigenvalue weighted by atomic mass is 10.1. The molecular formula is C15H19N3O2S2. The number of nitrogens with zero attached hydrogens (tertiary/aromatic N) is 2. The minimum absolute atomic E-state index is 0.0736. The monoisotopic (exact) mass is 337 g/mol. The van der Waals surface area contributed by atoms with Crippen molar-refractivity contribution in [3.63, 3.8) is 0 Å². The van der Waals surface area contributed by atoms with E-state index in [0.29, 0.717) is 11.4 Å². The second kappa shape index (κ2) is 5.98. The number of aromatic nitrogens is 1. The molecule has 0 spiro atoms. The Kier molecular flexibility index (Phi) is 4.20. The molecule has 2 aromatic rings. The number of nitrogens with one attached hydrogen (secondary N) is 1. The van der Waals surface area contributed by atoms with Crippen LogP contribution in [-0.4, -0.2) is 32.5 Å². The van der Waals surface area contributed by atoms with E-state index in [2.05, 4.69) is 14.6 Å². The summed E-state index contributed by atoms with van der Waals surface area (Å²) < 4.78 is 27.8. The van der Waals surface area contributed by atoms with Crippen molar-refractivity contribution in [3.8, 4) is 0 Å². The van der Waals surface area contributed by atoms with E-state index in [-0.39, 0.29) is 6.04 Å². The van der Waals surface area contributed by atoms with Gasteiger partial charge in [0.2, 0.25) is 10.0 Å². The Bertz CT molecular complexity index is 757. The van der Waals surface area contributed by atoms with Crippen LogP contribution < -0.4 is 9.62 Å². The van der Waals surface area contributed by atoms with Crippen molar-refractivity contribution in [1.29, 1.82) is 0 Å².